The molecule has 0 bridgehead atoms. The van der Waals surface area contributed by atoms with Gasteiger partial charge in [-0.2, -0.15) is 0 Å². The minimum atomic E-state index is -0.205. The number of amides is 2. The molecule has 0 aliphatic carbocycles. The van der Waals surface area contributed by atoms with Crippen LogP contribution >= 0.6 is 22.9 Å². The van der Waals surface area contributed by atoms with Gasteiger partial charge >= 0.3 is 0 Å². The van der Waals surface area contributed by atoms with Crippen LogP contribution in [0.3, 0.4) is 0 Å². The molecule has 2 aromatic carbocycles. The molecule has 33 heavy (non-hydrogen) atoms. The molecule has 1 aromatic heterocycles. The van der Waals surface area contributed by atoms with E-state index in [0.29, 0.717) is 29.6 Å². The van der Waals surface area contributed by atoms with Crippen LogP contribution in [0.5, 0.6) is 11.5 Å². The molecule has 0 aliphatic rings. The van der Waals surface area contributed by atoms with Crippen molar-refractivity contribution in [1.82, 2.24) is 10.6 Å². The quantitative estimate of drug-likeness (QED) is 0.400. The van der Waals surface area contributed by atoms with Gasteiger partial charge < -0.3 is 20.1 Å². The number of hydrogen-bond donors (Lipinski definition) is 2. The standard InChI is InChI=1S/C25H25ClN2O4S/c1-3-27-25(30)16-32-21-10-7-17(13-22(21)31-2)15-28-24(29)12-9-20-8-11-23(33-20)18-5-4-6-19(26)14-18/h4-14H,3,15-16H2,1-2H3,(H,27,30)(H,28,29)/b12-9+. The number of rotatable bonds is 10. The average Bonchev–Trinajstić information content (AvgIpc) is 3.29. The normalized spacial score (nSPS) is 10.8. The largest absolute Gasteiger partial charge is 0.493 e. The number of likely N-dealkylation sites (N-methyl/N-ethyl adjacent to an activating group) is 1. The Balaban J connectivity index is 1.54. The Bertz CT molecular complexity index is 1140. The van der Waals surface area contributed by atoms with Crippen LogP contribution in [0.25, 0.3) is 16.5 Å². The van der Waals surface area contributed by atoms with Crippen molar-refractivity contribution in [2.75, 3.05) is 20.3 Å². The number of carbonyl (C=O) groups is 2. The monoisotopic (exact) mass is 484 g/mol. The molecule has 0 atom stereocenters. The van der Waals surface area contributed by atoms with Crippen molar-refractivity contribution in [3.8, 4) is 21.9 Å². The molecule has 2 amide bonds. The van der Waals surface area contributed by atoms with E-state index in [-0.39, 0.29) is 18.4 Å². The van der Waals surface area contributed by atoms with Gasteiger partial charge in [-0.25, -0.2) is 0 Å². The minimum Gasteiger partial charge on any atom is -0.493 e. The van der Waals surface area contributed by atoms with Crippen molar-refractivity contribution in [3.63, 3.8) is 0 Å². The summed E-state index contributed by atoms with van der Waals surface area (Å²) in [6, 6.07) is 17.0. The van der Waals surface area contributed by atoms with Crippen LogP contribution in [0.15, 0.2) is 60.7 Å². The van der Waals surface area contributed by atoms with Crippen LogP contribution in [0.4, 0.5) is 0 Å². The van der Waals surface area contributed by atoms with Crippen LogP contribution in [-0.2, 0) is 16.1 Å². The highest BCUT2D eigenvalue weighted by molar-refractivity contribution is 7.16. The smallest absolute Gasteiger partial charge is 0.257 e. The fraction of sp³-hybridized carbons (Fsp3) is 0.200. The number of carbonyl (C=O) groups excluding carboxylic acids is 2. The molecule has 0 radical (unpaired) electrons. The third-order valence-electron chi connectivity index (χ3n) is 4.56. The maximum absolute atomic E-state index is 12.3. The van der Waals surface area contributed by atoms with Gasteiger partial charge in [0.15, 0.2) is 18.1 Å². The van der Waals surface area contributed by atoms with Crippen molar-refractivity contribution >= 4 is 40.8 Å². The predicted octanol–water partition coefficient (Wildman–Crippen LogP) is 4.92. The summed E-state index contributed by atoms with van der Waals surface area (Å²) in [6.07, 6.45) is 3.29. The van der Waals surface area contributed by atoms with Crippen molar-refractivity contribution < 1.29 is 19.1 Å². The zero-order valence-corrected chi connectivity index (χ0v) is 20.0. The number of methoxy groups -OCH3 is 1. The fourth-order valence-corrected chi connectivity index (χ4v) is 4.08. The van der Waals surface area contributed by atoms with Gasteiger partial charge in [-0.05, 0) is 60.5 Å². The summed E-state index contributed by atoms with van der Waals surface area (Å²) in [6.45, 7) is 2.62. The summed E-state index contributed by atoms with van der Waals surface area (Å²) in [4.78, 5) is 25.9. The second kappa shape index (κ2) is 12.1. The molecule has 1 heterocycles. The summed E-state index contributed by atoms with van der Waals surface area (Å²) in [5, 5.41) is 6.21. The fourth-order valence-electron chi connectivity index (χ4n) is 2.98. The van der Waals surface area contributed by atoms with Gasteiger partial charge in [0.1, 0.15) is 0 Å². The number of nitrogens with one attached hydrogen (secondary N) is 2. The molecule has 0 fully saturated rings. The van der Waals surface area contributed by atoms with E-state index in [1.54, 1.807) is 29.5 Å². The Morgan fingerprint density at radius 1 is 1.06 bits per heavy atom. The van der Waals surface area contributed by atoms with E-state index >= 15 is 0 Å². The summed E-state index contributed by atoms with van der Waals surface area (Å²) < 4.78 is 10.9. The molecule has 2 N–H and O–H groups in total. The molecule has 8 heteroatoms. The van der Waals surface area contributed by atoms with Crippen LogP contribution < -0.4 is 20.1 Å². The highest BCUT2D eigenvalue weighted by atomic mass is 35.5. The van der Waals surface area contributed by atoms with Gasteiger partial charge in [-0.1, -0.05) is 29.8 Å². The van der Waals surface area contributed by atoms with Gasteiger partial charge in [-0.3, -0.25) is 9.59 Å². The second-order valence-electron chi connectivity index (χ2n) is 6.99. The summed E-state index contributed by atoms with van der Waals surface area (Å²) >= 11 is 7.65. The second-order valence-corrected chi connectivity index (χ2v) is 8.54. The lowest BCUT2D eigenvalue weighted by Crippen LogP contribution is -2.28. The maximum Gasteiger partial charge on any atom is 0.257 e. The van der Waals surface area contributed by atoms with E-state index in [2.05, 4.69) is 10.6 Å². The molecule has 0 saturated carbocycles. The number of thiophene rings is 1. The van der Waals surface area contributed by atoms with Crippen molar-refractivity contribution in [2.24, 2.45) is 0 Å². The third kappa shape index (κ3) is 7.37. The van der Waals surface area contributed by atoms with E-state index in [1.807, 2.05) is 49.4 Å². The number of benzene rings is 2. The number of ether oxygens (including phenoxy) is 2. The van der Waals surface area contributed by atoms with Crippen molar-refractivity contribution in [3.05, 3.63) is 76.1 Å². The first kappa shape index (κ1) is 24.4. The zero-order chi connectivity index (χ0) is 23.6. The van der Waals surface area contributed by atoms with E-state index < -0.39 is 0 Å². The van der Waals surface area contributed by atoms with Crippen molar-refractivity contribution in [1.29, 1.82) is 0 Å². The molecule has 0 spiro atoms. The first-order valence-corrected chi connectivity index (χ1v) is 11.6. The van der Waals surface area contributed by atoms with Gasteiger partial charge in [0.25, 0.3) is 5.91 Å². The van der Waals surface area contributed by atoms with Crippen molar-refractivity contribution in [2.45, 2.75) is 13.5 Å². The number of hydrogen-bond acceptors (Lipinski definition) is 5. The van der Waals surface area contributed by atoms with E-state index in [9.17, 15) is 9.59 Å². The van der Waals surface area contributed by atoms with Gasteiger partial charge in [-0.15, -0.1) is 11.3 Å². The molecule has 172 valence electrons. The lowest BCUT2D eigenvalue weighted by atomic mass is 10.2. The Kier molecular flexibility index (Phi) is 8.92. The topological polar surface area (TPSA) is 76.7 Å². The van der Waals surface area contributed by atoms with E-state index in [0.717, 1.165) is 20.9 Å². The zero-order valence-electron chi connectivity index (χ0n) is 18.4. The van der Waals surface area contributed by atoms with Crippen LogP contribution in [0, 0.1) is 0 Å². The Hall–Kier alpha value is -3.29. The summed E-state index contributed by atoms with van der Waals surface area (Å²) in [7, 11) is 1.53. The molecular weight excluding hydrogens is 460 g/mol. The first-order valence-electron chi connectivity index (χ1n) is 10.4. The van der Waals surface area contributed by atoms with Crippen LogP contribution in [-0.4, -0.2) is 32.1 Å². The van der Waals surface area contributed by atoms with Gasteiger partial charge in [0.2, 0.25) is 5.91 Å². The molecule has 6 nitrogen and oxygen atoms in total. The highest BCUT2D eigenvalue weighted by Crippen LogP contribution is 2.30. The minimum absolute atomic E-state index is 0.0905. The first-order chi connectivity index (χ1) is 16.0. The van der Waals surface area contributed by atoms with Crippen LogP contribution in [0.1, 0.15) is 17.4 Å². The van der Waals surface area contributed by atoms with Crippen LogP contribution in [0.2, 0.25) is 5.02 Å². The Labute approximate surface area is 202 Å². The van der Waals surface area contributed by atoms with Gasteiger partial charge in [0.05, 0.1) is 7.11 Å². The Morgan fingerprint density at radius 3 is 2.67 bits per heavy atom. The molecule has 3 aromatic rings. The predicted molar refractivity (Wildman–Crippen MR) is 133 cm³/mol. The van der Waals surface area contributed by atoms with E-state index in [4.69, 9.17) is 21.1 Å². The maximum atomic E-state index is 12.3. The summed E-state index contributed by atoms with van der Waals surface area (Å²) in [5.74, 6) is 0.553. The lowest BCUT2D eigenvalue weighted by molar-refractivity contribution is -0.123. The molecular formula is C25H25ClN2O4S. The molecule has 0 saturated heterocycles. The average molecular weight is 485 g/mol. The Morgan fingerprint density at radius 2 is 1.91 bits per heavy atom. The molecule has 3 rings (SSSR count). The highest BCUT2D eigenvalue weighted by Gasteiger charge is 2.09. The van der Waals surface area contributed by atoms with E-state index in [1.165, 1.54) is 13.2 Å². The third-order valence-corrected chi connectivity index (χ3v) is 5.90. The molecule has 0 aliphatic heterocycles. The number of halogens is 1. The molecule has 0 unspecified atom stereocenters. The SMILES string of the molecule is CCNC(=O)COc1ccc(CNC(=O)/C=C/c2ccc(-c3cccc(Cl)c3)s2)cc1OC. The lowest BCUT2D eigenvalue weighted by Gasteiger charge is -2.12. The van der Waals surface area contributed by atoms with Gasteiger partial charge in [0, 0.05) is 33.9 Å². The summed E-state index contributed by atoms with van der Waals surface area (Å²) in [5.41, 5.74) is 1.89.